The van der Waals surface area contributed by atoms with Crippen LogP contribution in [0, 0.1) is 11.8 Å². The molecule has 0 aromatic carbocycles. The van der Waals surface area contributed by atoms with Gasteiger partial charge in [-0.05, 0) is 110 Å². The van der Waals surface area contributed by atoms with E-state index in [2.05, 4.69) is 30.7 Å². The first-order chi connectivity index (χ1) is 10.6. The van der Waals surface area contributed by atoms with Crippen molar-refractivity contribution < 1.29 is 4.74 Å². The van der Waals surface area contributed by atoms with Crippen LogP contribution in [-0.2, 0) is 4.74 Å². The molecule has 0 aromatic rings. The van der Waals surface area contributed by atoms with Gasteiger partial charge in [0.05, 0.1) is 6.10 Å². The number of likely N-dealkylation sites (tertiary alicyclic amines) is 2. The Kier molecular flexibility index (Phi) is 8.19. The second-order valence-electron chi connectivity index (χ2n) is 7.88. The van der Waals surface area contributed by atoms with Gasteiger partial charge in [-0.1, -0.05) is 0 Å². The van der Waals surface area contributed by atoms with Crippen molar-refractivity contribution in [1.29, 1.82) is 0 Å². The summed E-state index contributed by atoms with van der Waals surface area (Å²) in [5, 5.41) is 0. The zero-order chi connectivity index (χ0) is 15.8. The summed E-state index contributed by atoms with van der Waals surface area (Å²) >= 11 is 0. The van der Waals surface area contributed by atoms with Gasteiger partial charge < -0.3 is 14.5 Å². The lowest BCUT2D eigenvalue weighted by Crippen LogP contribution is -2.36. The van der Waals surface area contributed by atoms with Crippen LogP contribution in [0.25, 0.3) is 0 Å². The monoisotopic (exact) mass is 310 g/mol. The van der Waals surface area contributed by atoms with Crippen LogP contribution in [-0.4, -0.2) is 62.3 Å². The molecule has 2 rings (SSSR count). The van der Waals surface area contributed by atoms with E-state index in [4.69, 9.17) is 4.74 Å². The Morgan fingerprint density at radius 2 is 1.50 bits per heavy atom. The van der Waals surface area contributed by atoms with Crippen LogP contribution in [0.5, 0.6) is 0 Å². The fraction of sp³-hybridized carbons (Fsp3) is 1.00. The van der Waals surface area contributed by atoms with Crippen molar-refractivity contribution in [3.63, 3.8) is 0 Å². The summed E-state index contributed by atoms with van der Waals surface area (Å²) in [7, 11) is 2.26. The number of ether oxygens (including phenoxy) is 1. The number of rotatable bonds is 8. The Balaban J connectivity index is 1.50. The summed E-state index contributed by atoms with van der Waals surface area (Å²) in [5.74, 6) is 1.94. The molecule has 0 unspecified atom stereocenters. The van der Waals surface area contributed by atoms with E-state index in [1.165, 1.54) is 77.7 Å². The molecule has 22 heavy (non-hydrogen) atoms. The molecule has 3 nitrogen and oxygen atoms in total. The first-order valence-electron chi connectivity index (χ1n) is 9.66. The minimum Gasteiger partial charge on any atom is -0.379 e. The third-order valence-corrected chi connectivity index (χ3v) is 5.61. The van der Waals surface area contributed by atoms with Crippen LogP contribution >= 0.6 is 0 Å². The fourth-order valence-electron chi connectivity index (χ4n) is 3.91. The first-order valence-corrected chi connectivity index (χ1v) is 9.66. The highest BCUT2D eigenvalue weighted by atomic mass is 16.5. The van der Waals surface area contributed by atoms with E-state index < -0.39 is 0 Å². The summed E-state index contributed by atoms with van der Waals surface area (Å²) in [5.41, 5.74) is 0. The number of hydrogen-bond donors (Lipinski definition) is 0. The quantitative estimate of drug-likeness (QED) is 0.637. The summed E-state index contributed by atoms with van der Waals surface area (Å²) in [6.07, 6.45) is 10.1. The summed E-state index contributed by atoms with van der Waals surface area (Å²) in [4.78, 5) is 5.20. The minimum atomic E-state index is 0.390. The third-order valence-electron chi connectivity index (χ3n) is 5.61. The van der Waals surface area contributed by atoms with Gasteiger partial charge in [0.15, 0.2) is 0 Å². The second kappa shape index (κ2) is 9.89. The van der Waals surface area contributed by atoms with Crippen LogP contribution in [0.15, 0.2) is 0 Å². The Morgan fingerprint density at radius 3 is 2.14 bits per heavy atom. The first kappa shape index (κ1) is 18.2. The summed E-state index contributed by atoms with van der Waals surface area (Å²) < 4.78 is 5.65. The van der Waals surface area contributed by atoms with Gasteiger partial charge in [-0.3, -0.25) is 0 Å². The van der Waals surface area contributed by atoms with Crippen molar-refractivity contribution in [2.75, 3.05) is 46.4 Å². The lowest BCUT2D eigenvalue weighted by molar-refractivity contribution is 0.0701. The normalized spacial score (nSPS) is 23.5. The molecule has 2 aliphatic heterocycles. The fourth-order valence-corrected chi connectivity index (χ4v) is 3.91. The number of piperidine rings is 2. The Labute approximate surface area is 138 Å². The lowest BCUT2D eigenvalue weighted by atomic mass is 9.90. The van der Waals surface area contributed by atoms with Crippen LogP contribution in [0.4, 0.5) is 0 Å². The minimum absolute atomic E-state index is 0.390. The van der Waals surface area contributed by atoms with Gasteiger partial charge in [-0.25, -0.2) is 0 Å². The molecular weight excluding hydrogens is 272 g/mol. The topological polar surface area (TPSA) is 15.7 Å². The maximum Gasteiger partial charge on any atom is 0.0518 e. The van der Waals surface area contributed by atoms with Crippen molar-refractivity contribution >= 4 is 0 Å². The van der Waals surface area contributed by atoms with Crippen molar-refractivity contribution in [3.8, 4) is 0 Å². The van der Waals surface area contributed by atoms with E-state index in [0.717, 1.165) is 18.4 Å². The Morgan fingerprint density at radius 1 is 0.909 bits per heavy atom. The SMILES string of the molecule is CC(C)OCCCC1CCN(CCC2CCN(C)CC2)CC1. The molecule has 0 radical (unpaired) electrons. The predicted molar refractivity (Wildman–Crippen MR) is 94.3 cm³/mol. The molecule has 0 spiro atoms. The number of hydrogen-bond acceptors (Lipinski definition) is 3. The standard InChI is InChI=1S/C19H38N2O/c1-17(2)22-16-4-5-18-8-13-21(14-9-18)15-10-19-6-11-20(3)12-7-19/h17-19H,4-16H2,1-3H3. The van der Waals surface area contributed by atoms with Crippen LogP contribution in [0.3, 0.4) is 0 Å². The van der Waals surface area contributed by atoms with Crippen LogP contribution in [0.2, 0.25) is 0 Å². The van der Waals surface area contributed by atoms with E-state index in [1.54, 1.807) is 0 Å². The molecule has 2 fully saturated rings. The van der Waals surface area contributed by atoms with E-state index in [-0.39, 0.29) is 0 Å². The molecule has 2 saturated heterocycles. The summed E-state index contributed by atoms with van der Waals surface area (Å²) in [6.45, 7) is 11.8. The maximum atomic E-state index is 5.65. The molecule has 0 bridgehead atoms. The zero-order valence-electron chi connectivity index (χ0n) is 15.2. The van der Waals surface area contributed by atoms with Crippen LogP contribution < -0.4 is 0 Å². The lowest BCUT2D eigenvalue weighted by Gasteiger charge is -2.34. The van der Waals surface area contributed by atoms with E-state index in [0.29, 0.717) is 6.10 Å². The van der Waals surface area contributed by atoms with Gasteiger partial charge in [-0.2, -0.15) is 0 Å². The average Bonchev–Trinajstić information content (AvgIpc) is 2.52. The molecular formula is C19H38N2O. The highest BCUT2D eigenvalue weighted by molar-refractivity contribution is 4.75. The van der Waals surface area contributed by atoms with Gasteiger partial charge >= 0.3 is 0 Å². The Hall–Kier alpha value is -0.120. The maximum absolute atomic E-state index is 5.65. The second-order valence-corrected chi connectivity index (χ2v) is 7.88. The van der Waals surface area contributed by atoms with Gasteiger partial charge in [0.25, 0.3) is 0 Å². The molecule has 2 heterocycles. The van der Waals surface area contributed by atoms with Gasteiger partial charge in [0.2, 0.25) is 0 Å². The molecule has 0 aromatic heterocycles. The smallest absolute Gasteiger partial charge is 0.0518 e. The van der Waals surface area contributed by atoms with Gasteiger partial charge in [0.1, 0.15) is 0 Å². The van der Waals surface area contributed by atoms with Crippen molar-refractivity contribution in [1.82, 2.24) is 9.80 Å². The van der Waals surface area contributed by atoms with Crippen molar-refractivity contribution in [2.45, 2.75) is 64.9 Å². The molecule has 0 saturated carbocycles. The van der Waals surface area contributed by atoms with E-state index in [9.17, 15) is 0 Å². The molecule has 0 N–H and O–H groups in total. The molecule has 0 atom stereocenters. The number of nitrogens with zero attached hydrogens (tertiary/aromatic N) is 2. The molecule has 3 heteroatoms. The van der Waals surface area contributed by atoms with E-state index in [1.807, 2.05) is 0 Å². The molecule has 0 aliphatic carbocycles. The molecule has 0 amide bonds. The Bertz CT molecular complexity index is 279. The van der Waals surface area contributed by atoms with Crippen LogP contribution in [0.1, 0.15) is 58.8 Å². The highest BCUT2D eigenvalue weighted by Gasteiger charge is 2.21. The average molecular weight is 311 g/mol. The third kappa shape index (κ3) is 6.97. The zero-order valence-corrected chi connectivity index (χ0v) is 15.2. The largest absolute Gasteiger partial charge is 0.379 e. The van der Waals surface area contributed by atoms with E-state index >= 15 is 0 Å². The van der Waals surface area contributed by atoms with Gasteiger partial charge in [0, 0.05) is 6.61 Å². The van der Waals surface area contributed by atoms with Gasteiger partial charge in [-0.15, -0.1) is 0 Å². The van der Waals surface area contributed by atoms with Crippen molar-refractivity contribution in [2.24, 2.45) is 11.8 Å². The molecule has 130 valence electrons. The molecule has 2 aliphatic rings. The summed E-state index contributed by atoms with van der Waals surface area (Å²) in [6, 6.07) is 0. The van der Waals surface area contributed by atoms with Crippen molar-refractivity contribution in [3.05, 3.63) is 0 Å². The predicted octanol–water partition coefficient (Wildman–Crippen LogP) is 3.64. The highest BCUT2D eigenvalue weighted by Crippen LogP contribution is 2.24.